The predicted molar refractivity (Wildman–Crippen MR) is 78.0 cm³/mol. The van der Waals surface area contributed by atoms with Gasteiger partial charge in [-0.05, 0) is 43.5 Å². The van der Waals surface area contributed by atoms with E-state index in [1.165, 1.54) is 19.2 Å². The molecule has 0 saturated heterocycles. The summed E-state index contributed by atoms with van der Waals surface area (Å²) >= 11 is 0. The minimum absolute atomic E-state index is 0.133. The Balaban J connectivity index is 2.16. The lowest BCUT2D eigenvalue weighted by Crippen LogP contribution is -2.33. The second-order valence-corrected chi connectivity index (χ2v) is 7.42. The molecule has 0 heterocycles. The number of hydrogen-bond donors (Lipinski definition) is 0. The fourth-order valence-electron chi connectivity index (χ4n) is 2.16. The first kappa shape index (κ1) is 15.8. The quantitative estimate of drug-likeness (QED) is 0.571. The number of unbranched alkanes of at least 4 members (excludes halogenated alkanes) is 1. The molecule has 1 fully saturated rings. The van der Waals surface area contributed by atoms with Crippen LogP contribution in [0.5, 0.6) is 5.75 Å². The third-order valence-corrected chi connectivity index (χ3v) is 6.17. The molecule has 0 amide bonds. The van der Waals surface area contributed by atoms with Gasteiger partial charge in [-0.1, -0.05) is 13.3 Å². The summed E-state index contributed by atoms with van der Waals surface area (Å²) in [5, 5.41) is 0. The molecule has 116 valence electrons. The highest BCUT2D eigenvalue weighted by Gasteiger charge is 2.62. The number of carbonyl (C=O) groups excluding carboxylic acids is 1. The van der Waals surface area contributed by atoms with Crippen LogP contribution in [0.15, 0.2) is 29.2 Å². The van der Waals surface area contributed by atoms with Gasteiger partial charge in [0.15, 0.2) is 14.6 Å². The zero-order valence-electron chi connectivity index (χ0n) is 12.3. The summed E-state index contributed by atoms with van der Waals surface area (Å²) in [6.07, 6.45) is 2.62. The van der Waals surface area contributed by atoms with Crippen LogP contribution in [0.1, 0.15) is 32.6 Å². The van der Waals surface area contributed by atoms with Gasteiger partial charge in [0.1, 0.15) is 5.75 Å². The van der Waals surface area contributed by atoms with Crippen LogP contribution >= 0.6 is 0 Å². The molecule has 1 aromatic rings. The summed E-state index contributed by atoms with van der Waals surface area (Å²) in [5.74, 6) is -0.0453. The van der Waals surface area contributed by atoms with Gasteiger partial charge in [0.2, 0.25) is 0 Å². The van der Waals surface area contributed by atoms with Gasteiger partial charge in [0.25, 0.3) is 0 Å². The molecule has 1 aliphatic carbocycles. The minimum Gasteiger partial charge on any atom is -0.494 e. The third-order valence-electron chi connectivity index (χ3n) is 3.68. The van der Waals surface area contributed by atoms with Crippen LogP contribution in [-0.4, -0.2) is 32.9 Å². The molecule has 5 nitrogen and oxygen atoms in total. The maximum Gasteiger partial charge on any atom is 0.327 e. The predicted octanol–water partition coefficient (Wildman–Crippen LogP) is 2.34. The maximum absolute atomic E-state index is 12.5. The van der Waals surface area contributed by atoms with Gasteiger partial charge in [-0.2, -0.15) is 0 Å². The number of methoxy groups -OCH3 is 1. The monoisotopic (exact) mass is 312 g/mol. The Bertz CT molecular complexity index is 599. The van der Waals surface area contributed by atoms with E-state index in [1.807, 2.05) is 0 Å². The molecular weight excluding hydrogens is 292 g/mol. The topological polar surface area (TPSA) is 69.7 Å². The summed E-state index contributed by atoms with van der Waals surface area (Å²) < 4.78 is 33.8. The van der Waals surface area contributed by atoms with Crippen molar-refractivity contribution in [2.45, 2.75) is 42.2 Å². The van der Waals surface area contributed by atoms with E-state index in [2.05, 4.69) is 11.7 Å². The first-order valence-corrected chi connectivity index (χ1v) is 8.52. The van der Waals surface area contributed by atoms with Crippen LogP contribution in [0.2, 0.25) is 0 Å². The molecule has 0 atom stereocenters. The Kier molecular flexibility index (Phi) is 4.56. The summed E-state index contributed by atoms with van der Waals surface area (Å²) in [6.45, 7) is 2.68. The first-order chi connectivity index (χ1) is 9.98. The molecule has 2 rings (SSSR count). The van der Waals surface area contributed by atoms with Crippen molar-refractivity contribution in [3.8, 4) is 5.75 Å². The van der Waals surface area contributed by atoms with Crippen molar-refractivity contribution in [2.75, 3.05) is 13.7 Å². The van der Waals surface area contributed by atoms with Gasteiger partial charge >= 0.3 is 5.97 Å². The molecule has 0 radical (unpaired) electrons. The van der Waals surface area contributed by atoms with Gasteiger partial charge in [-0.15, -0.1) is 0 Å². The normalized spacial score (nSPS) is 16.3. The number of carbonyl (C=O) groups is 1. The highest BCUT2D eigenvalue weighted by Crippen LogP contribution is 2.47. The Labute approximate surface area is 125 Å². The van der Waals surface area contributed by atoms with Crippen LogP contribution in [0.25, 0.3) is 0 Å². The summed E-state index contributed by atoms with van der Waals surface area (Å²) in [5.41, 5.74) is 0. The minimum atomic E-state index is -3.71. The van der Waals surface area contributed by atoms with E-state index in [0.29, 0.717) is 25.2 Å². The van der Waals surface area contributed by atoms with Gasteiger partial charge in [0.05, 0.1) is 18.6 Å². The smallest absolute Gasteiger partial charge is 0.327 e. The fourth-order valence-corrected chi connectivity index (χ4v) is 4.04. The molecule has 0 spiro atoms. The Hall–Kier alpha value is -1.56. The number of esters is 1. The van der Waals surface area contributed by atoms with E-state index in [0.717, 1.165) is 12.8 Å². The van der Waals surface area contributed by atoms with E-state index in [-0.39, 0.29) is 4.90 Å². The number of hydrogen-bond acceptors (Lipinski definition) is 5. The zero-order valence-corrected chi connectivity index (χ0v) is 13.1. The largest absolute Gasteiger partial charge is 0.494 e. The van der Waals surface area contributed by atoms with E-state index >= 15 is 0 Å². The van der Waals surface area contributed by atoms with E-state index in [4.69, 9.17) is 4.74 Å². The standard InChI is InChI=1S/C15H20O5S/c1-3-4-11-20-12-5-7-13(8-6-12)21(17,18)15(9-10-15)14(16)19-2/h5-8H,3-4,9-11H2,1-2H3. The summed E-state index contributed by atoms with van der Waals surface area (Å²) in [6, 6.07) is 6.21. The second-order valence-electron chi connectivity index (χ2n) is 5.16. The van der Waals surface area contributed by atoms with Crippen LogP contribution in [0.3, 0.4) is 0 Å². The van der Waals surface area contributed by atoms with Crippen molar-refractivity contribution >= 4 is 15.8 Å². The van der Waals surface area contributed by atoms with Crippen molar-refractivity contribution in [3.63, 3.8) is 0 Å². The van der Waals surface area contributed by atoms with E-state index in [9.17, 15) is 13.2 Å². The Morgan fingerprint density at radius 3 is 2.33 bits per heavy atom. The molecule has 0 unspecified atom stereocenters. The van der Waals surface area contributed by atoms with Crippen molar-refractivity contribution < 1.29 is 22.7 Å². The van der Waals surface area contributed by atoms with Gasteiger partial charge in [0, 0.05) is 0 Å². The fraction of sp³-hybridized carbons (Fsp3) is 0.533. The maximum atomic E-state index is 12.5. The molecular formula is C15H20O5S. The van der Waals surface area contributed by atoms with Crippen molar-refractivity contribution in [1.82, 2.24) is 0 Å². The lowest BCUT2D eigenvalue weighted by molar-refractivity contribution is -0.140. The third kappa shape index (κ3) is 2.90. The van der Waals surface area contributed by atoms with Gasteiger partial charge in [-0.3, -0.25) is 4.79 Å². The average Bonchev–Trinajstić information content (AvgIpc) is 3.29. The van der Waals surface area contributed by atoms with Gasteiger partial charge < -0.3 is 9.47 Å². The Morgan fingerprint density at radius 2 is 1.86 bits per heavy atom. The Morgan fingerprint density at radius 1 is 1.24 bits per heavy atom. The molecule has 0 N–H and O–H groups in total. The zero-order chi connectivity index (χ0) is 15.5. The lowest BCUT2D eigenvalue weighted by Gasteiger charge is -2.14. The van der Waals surface area contributed by atoms with Crippen molar-refractivity contribution in [1.29, 1.82) is 0 Å². The lowest BCUT2D eigenvalue weighted by atomic mass is 10.3. The number of ether oxygens (including phenoxy) is 2. The molecule has 0 aliphatic heterocycles. The highest BCUT2D eigenvalue weighted by molar-refractivity contribution is 7.94. The summed E-state index contributed by atoms with van der Waals surface area (Å²) in [4.78, 5) is 11.9. The van der Waals surface area contributed by atoms with Crippen molar-refractivity contribution in [2.24, 2.45) is 0 Å². The van der Waals surface area contributed by atoms with Crippen molar-refractivity contribution in [3.05, 3.63) is 24.3 Å². The van der Waals surface area contributed by atoms with E-state index < -0.39 is 20.6 Å². The highest BCUT2D eigenvalue weighted by atomic mass is 32.2. The first-order valence-electron chi connectivity index (χ1n) is 7.04. The molecule has 1 aromatic carbocycles. The molecule has 21 heavy (non-hydrogen) atoms. The SMILES string of the molecule is CCCCOc1ccc(S(=O)(=O)C2(C(=O)OC)CC2)cc1. The number of sulfone groups is 1. The molecule has 0 bridgehead atoms. The van der Waals surface area contributed by atoms with Crippen LogP contribution in [0, 0.1) is 0 Å². The van der Waals surface area contributed by atoms with E-state index in [1.54, 1.807) is 12.1 Å². The molecule has 1 aliphatic rings. The summed E-state index contributed by atoms with van der Waals surface area (Å²) in [7, 11) is -2.50. The van der Waals surface area contributed by atoms with Crippen LogP contribution in [0.4, 0.5) is 0 Å². The molecule has 6 heteroatoms. The molecule has 1 saturated carbocycles. The molecule has 0 aromatic heterocycles. The number of benzene rings is 1. The van der Waals surface area contributed by atoms with Crippen LogP contribution in [-0.2, 0) is 19.4 Å². The average molecular weight is 312 g/mol. The second kappa shape index (κ2) is 6.05. The van der Waals surface area contributed by atoms with Gasteiger partial charge in [-0.25, -0.2) is 8.42 Å². The number of rotatable bonds is 7. The van der Waals surface area contributed by atoms with Crippen LogP contribution < -0.4 is 4.74 Å².